The van der Waals surface area contributed by atoms with E-state index in [4.69, 9.17) is 11.6 Å². The van der Waals surface area contributed by atoms with E-state index in [1.54, 1.807) is 6.33 Å². The summed E-state index contributed by atoms with van der Waals surface area (Å²) in [6.07, 6.45) is 3.54. The van der Waals surface area contributed by atoms with E-state index in [0.717, 1.165) is 37.3 Å². The predicted octanol–water partition coefficient (Wildman–Crippen LogP) is 2.56. The Morgan fingerprint density at radius 1 is 1.35 bits per heavy atom. The molecule has 122 valence electrons. The van der Waals surface area contributed by atoms with Gasteiger partial charge in [-0.15, -0.1) is 10.2 Å². The molecule has 0 unspecified atom stereocenters. The Morgan fingerprint density at radius 3 is 2.74 bits per heavy atom. The van der Waals surface area contributed by atoms with Crippen LogP contribution in [0, 0.1) is 0 Å². The fourth-order valence-electron chi connectivity index (χ4n) is 2.93. The summed E-state index contributed by atoms with van der Waals surface area (Å²) in [5.41, 5.74) is 0.927. The molecule has 1 aromatic carbocycles. The van der Waals surface area contributed by atoms with E-state index < -0.39 is 0 Å². The number of nitrogens with one attached hydrogen (secondary N) is 1. The van der Waals surface area contributed by atoms with Crippen LogP contribution in [0.5, 0.6) is 0 Å². The molecule has 23 heavy (non-hydrogen) atoms. The van der Waals surface area contributed by atoms with Crippen LogP contribution in [0.25, 0.3) is 0 Å². The van der Waals surface area contributed by atoms with Gasteiger partial charge in [0.15, 0.2) is 0 Å². The number of aromatic nitrogens is 3. The van der Waals surface area contributed by atoms with Gasteiger partial charge in [0.25, 0.3) is 0 Å². The second kappa shape index (κ2) is 7.00. The van der Waals surface area contributed by atoms with Crippen molar-refractivity contribution in [3.05, 3.63) is 47.0 Å². The van der Waals surface area contributed by atoms with Crippen LogP contribution in [0.3, 0.4) is 0 Å². The monoisotopic (exact) mass is 333 g/mol. The quantitative estimate of drug-likeness (QED) is 0.939. The van der Waals surface area contributed by atoms with Crippen LogP contribution in [0.4, 0.5) is 4.79 Å². The Bertz CT molecular complexity index is 679. The van der Waals surface area contributed by atoms with Crippen LogP contribution >= 0.6 is 11.6 Å². The lowest BCUT2D eigenvalue weighted by atomic mass is 9.96. The van der Waals surface area contributed by atoms with E-state index in [1.165, 1.54) is 0 Å². The minimum Gasteiger partial charge on any atom is -0.334 e. The normalized spacial score (nSPS) is 15.7. The lowest BCUT2D eigenvalue weighted by Crippen LogP contribution is -2.44. The summed E-state index contributed by atoms with van der Waals surface area (Å²) in [5, 5.41) is 11.7. The Balaban J connectivity index is 1.51. The van der Waals surface area contributed by atoms with Crippen LogP contribution in [-0.4, -0.2) is 38.8 Å². The van der Waals surface area contributed by atoms with Gasteiger partial charge in [-0.1, -0.05) is 29.8 Å². The number of carbonyl (C=O) groups excluding carboxylic acids is 1. The van der Waals surface area contributed by atoms with Crippen molar-refractivity contribution in [1.29, 1.82) is 0 Å². The first kappa shape index (κ1) is 15.8. The third-order valence-corrected chi connectivity index (χ3v) is 4.65. The summed E-state index contributed by atoms with van der Waals surface area (Å²) in [5.74, 6) is 1.37. The topological polar surface area (TPSA) is 63.1 Å². The Labute approximate surface area is 140 Å². The minimum atomic E-state index is -0.0404. The van der Waals surface area contributed by atoms with Crippen molar-refractivity contribution in [1.82, 2.24) is 25.0 Å². The number of likely N-dealkylation sites (tertiary alicyclic amines) is 1. The second-order valence-corrected chi connectivity index (χ2v) is 6.22. The maximum atomic E-state index is 12.3. The molecule has 1 aromatic heterocycles. The third-order valence-electron chi connectivity index (χ3n) is 4.28. The molecule has 1 aliphatic heterocycles. The molecule has 2 aromatic rings. The zero-order valence-corrected chi connectivity index (χ0v) is 13.8. The number of aryl methyl sites for hydroxylation is 1. The van der Waals surface area contributed by atoms with E-state index in [9.17, 15) is 4.79 Å². The van der Waals surface area contributed by atoms with Crippen LogP contribution in [-0.2, 0) is 13.6 Å². The summed E-state index contributed by atoms with van der Waals surface area (Å²) in [6.45, 7) is 1.90. The maximum absolute atomic E-state index is 12.3. The number of amides is 2. The Morgan fingerprint density at radius 2 is 2.09 bits per heavy atom. The average molecular weight is 334 g/mol. The zero-order valence-electron chi connectivity index (χ0n) is 13.1. The van der Waals surface area contributed by atoms with Gasteiger partial charge in [-0.25, -0.2) is 4.79 Å². The van der Waals surface area contributed by atoms with Crippen molar-refractivity contribution in [2.75, 3.05) is 13.1 Å². The molecule has 6 nitrogen and oxygen atoms in total. The van der Waals surface area contributed by atoms with Crippen LogP contribution in [0.1, 0.15) is 30.1 Å². The fourth-order valence-corrected chi connectivity index (χ4v) is 3.13. The van der Waals surface area contributed by atoms with Crippen LogP contribution in [0.15, 0.2) is 30.6 Å². The van der Waals surface area contributed by atoms with Gasteiger partial charge in [0.2, 0.25) is 0 Å². The first-order chi connectivity index (χ1) is 11.1. The zero-order chi connectivity index (χ0) is 16.2. The maximum Gasteiger partial charge on any atom is 0.317 e. The summed E-state index contributed by atoms with van der Waals surface area (Å²) < 4.78 is 1.96. The van der Waals surface area contributed by atoms with Crippen molar-refractivity contribution in [2.24, 2.45) is 7.05 Å². The molecule has 1 fully saturated rings. The van der Waals surface area contributed by atoms with Crippen LogP contribution < -0.4 is 5.32 Å². The van der Waals surface area contributed by atoms with Crippen molar-refractivity contribution >= 4 is 17.6 Å². The highest BCUT2D eigenvalue weighted by Gasteiger charge is 2.26. The smallest absolute Gasteiger partial charge is 0.317 e. The molecular formula is C16H20ClN5O. The Kier molecular flexibility index (Phi) is 4.81. The second-order valence-electron chi connectivity index (χ2n) is 5.81. The van der Waals surface area contributed by atoms with E-state index in [0.29, 0.717) is 17.5 Å². The first-order valence-corrected chi connectivity index (χ1v) is 8.13. The number of carbonyl (C=O) groups is 1. The van der Waals surface area contributed by atoms with Gasteiger partial charge in [-0.2, -0.15) is 0 Å². The molecule has 1 saturated heterocycles. The lowest BCUT2D eigenvalue weighted by Gasteiger charge is -2.31. The molecule has 3 rings (SSSR count). The van der Waals surface area contributed by atoms with Crippen molar-refractivity contribution in [3.8, 4) is 0 Å². The number of hydrogen-bond donors (Lipinski definition) is 1. The summed E-state index contributed by atoms with van der Waals surface area (Å²) in [6, 6.07) is 7.50. The SMILES string of the molecule is Cn1cnnc1C1CCN(C(=O)NCc2ccccc2Cl)CC1. The number of benzene rings is 1. The molecule has 0 saturated carbocycles. The van der Waals surface area contributed by atoms with Gasteiger partial charge in [0.1, 0.15) is 12.2 Å². The number of nitrogens with zero attached hydrogens (tertiary/aromatic N) is 4. The Hall–Kier alpha value is -2.08. The molecule has 0 spiro atoms. The van der Waals surface area contributed by atoms with Gasteiger partial charge in [-0.3, -0.25) is 0 Å². The van der Waals surface area contributed by atoms with Crippen molar-refractivity contribution in [2.45, 2.75) is 25.3 Å². The highest BCUT2D eigenvalue weighted by molar-refractivity contribution is 6.31. The van der Waals surface area contributed by atoms with E-state index in [1.807, 2.05) is 40.8 Å². The third kappa shape index (κ3) is 3.64. The van der Waals surface area contributed by atoms with Gasteiger partial charge >= 0.3 is 6.03 Å². The number of piperidine rings is 1. The minimum absolute atomic E-state index is 0.0404. The molecule has 1 aliphatic rings. The first-order valence-electron chi connectivity index (χ1n) is 7.75. The molecule has 0 atom stereocenters. The van der Waals surface area contributed by atoms with Gasteiger partial charge in [0.05, 0.1) is 0 Å². The number of hydrogen-bond acceptors (Lipinski definition) is 3. The molecule has 7 heteroatoms. The molecule has 0 aliphatic carbocycles. The van der Waals surface area contributed by atoms with Gasteiger partial charge < -0.3 is 14.8 Å². The molecule has 1 N–H and O–H groups in total. The highest BCUT2D eigenvalue weighted by atomic mass is 35.5. The number of halogens is 1. The summed E-state index contributed by atoms with van der Waals surface area (Å²) in [4.78, 5) is 14.1. The predicted molar refractivity (Wildman–Crippen MR) is 88.2 cm³/mol. The lowest BCUT2D eigenvalue weighted by molar-refractivity contribution is 0.179. The van der Waals surface area contributed by atoms with Crippen LogP contribution in [0.2, 0.25) is 5.02 Å². The number of rotatable bonds is 3. The fraction of sp³-hybridized carbons (Fsp3) is 0.438. The molecule has 2 amide bonds. The highest BCUT2D eigenvalue weighted by Crippen LogP contribution is 2.26. The van der Waals surface area contributed by atoms with Crippen molar-refractivity contribution < 1.29 is 4.79 Å². The molecular weight excluding hydrogens is 314 g/mol. The van der Waals surface area contributed by atoms with Gasteiger partial charge in [-0.05, 0) is 24.5 Å². The molecule has 0 bridgehead atoms. The summed E-state index contributed by atoms with van der Waals surface area (Å²) in [7, 11) is 1.96. The van der Waals surface area contributed by atoms with Gasteiger partial charge in [0, 0.05) is 37.6 Å². The summed E-state index contributed by atoms with van der Waals surface area (Å²) >= 11 is 6.10. The average Bonchev–Trinajstić information content (AvgIpc) is 3.00. The number of urea groups is 1. The van der Waals surface area contributed by atoms with E-state index >= 15 is 0 Å². The standard InChI is InChI=1S/C16H20ClN5O/c1-21-11-19-20-15(21)12-6-8-22(9-7-12)16(23)18-10-13-4-2-3-5-14(13)17/h2-5,11-12H,6-10H2,1H3,(H,18,23). The largest absolute Gasteiger partial charge is 0.334 e. The molecule has 2 heterocycles. The van der Waals surface area contributed by atoms with Crippen molar-refractivity contribution in [3.63, 3.8) is 0 Å². The molecule has 0 radical (unpaired) electrons. The van der Waals surface area contributed by atoms with E-state index in [-0.39, 0.29) is 6.03 Å². The van der Waals surface area contributed by atoms with E-state index in [2.05, 4.69) is 15.5 Å².